The van der Waals surface area contributed by atoms with Crippen molar-refractivity contribution in [3.63, 3.8) is 0 Å². The monoisotopic (exact) mass is 689 g/mol. The van der Waals surface area contributed by atoms with E-state index in [2.05, 4.69) is 205 Å². The standard InChI is InChI=1S/C52H35NO/c1-2-10-36(11-3-1)39-24-29-45(30-25-39)53(50-16-8-6-14-47(50)44-28-33-49-48-15-7-9-17-51(48)54-52(49)35-44)46-31-26-40(27-32-46)38-18-20-41(21-19-38)43-23-22-37-12-4-5-13-42(37)34-43/h1-35H. The lowest BCUT2D eigenvalue weighted by Gasteiger charge is -2.28. The van der Waals surface area contributed by atoms with E-state index in [-0.39, 0.29) is 0 Å². The van der Waals surface area contributed by atoms with Crippen molar-refractivity contribution < 1.29 is 4.42 Å². The highest BCUT2D eigenvalue weighted by Gasteiger charge is 2.18. The number of para-hydroxylation sites is 2. The predicted octanol–water partition coefficient (Wildman–Crippen LogP) is 14.9. The summed E-state index contributed by atoms with van der Waals surface area (Å²) in [5.74, 6) is 0. The van der Waals surface area contributed by atoms with Crippen molar-refractivity contribution in [2.24, 2.45) is 0 Å². The number of fused-ring (bicyclic) bond motifs is 4. The molecule has 254 valence electrons. The van der Waals surface area contributed by atoms with Crippen LogP contribution >= 0.6 is 0 Å². The molecular weight excluding hydrogens is 655 g/mol. The molecule has 0 radical (unpaired) electrons. The smallest absolute Gasteiger partial charge is 0.136 e. The van der Waals surface area contributed by atoms with Gasteiger partial charge in [0, 0.05) is 27.7 Å². The molecule has 0 atom stereocenters. The van der Waals surface area contributed by atoms with E-state index in [9.17, 15) is 0 Å². The summed E-state index contributed by atoms with van der Waals surface area (Å²) in [6.45, 7) is 0. The summed E-state index contributed by atoms with van der Waals surface area (Å²) in [7, 11) is 0. The third kappa shape index (κ3) is 5.81. The normalized spacial score (nSPS) is 11.3. The van der Waals surface area contributed by atoms with Crippen molar-refractivity contribution in [2.75, 3.05) is 4.90 Å². The third-order valence-electron chi connectivity index (χ3n) is 10.5. The Bertz CT molecular complexity index is 2900. The average Bonchev–Trinajstić information content (AvgIpc) is 3.63. The Hall–Kier alpha value is -7.16. The zero-order valence-corrected chi connectivity index (χ0v) is 29.6. The van der Waals surface area contributed by atoms with Crippen molar-refractivity contribution >= 4 is 49.8 Å². The molecule has 54 heavy (non-hydrogen) atoms. The quantitative estimate of drug-likeness (QED) is 0.166. The molecule has 0 aliphatic rings. The Morgan fingerprint density at radius 2 is 0.796 bits per heavy atom. The van der Waals surface area contributed by atoms with Gasteiger partial charge in [-0.25, -0.2) is 0 Å². The zero-order chi connectivity index (χ0) is 35.8. The van der Waals surface area contributed by atoms with E-state index >= 15 is 0 Å². The van der Waals surface area contributed by atoms with Crippen molar-refractivity contribution in [1.29, 1.82) is 0 Å². The summed E-state index contributed by atoms with van der Waals surface area (Å²) in [4.78, 5) is 2.36. The summed E-state index contributed by atoms with van der Waals surface area (Å²) < 4.78 is 6.33. The van der Waals surface area contributed by atoms with Crippen molar-refractivity contribution in [1.82, 2.24) is 0 Å². The van der Waals surface area contributed by atoms with Gasteiger partial charge < -0.3 is 9.32 Å². The molecule has 10 rings (SSSR count). The number of furan rings is 1. The molecule has 9 aromatic carbocycles. The lowest BCUT2D eigenvalue weighted by molar-refractivity contribution is 0.669. The molecule has 0 saturated carbocycles. The van der Waals surface area contributed by atoms with Gasteiger partial charge in [-0.3, -0.25) is 0 Å². The van der Waals surface area contributed by atoms with Gasteiger partial charge in [0.05, 0.1) is 5.69 Å². The van der Waals surface area contributed by atoms with Crippen molar-refractivity contribution in [2.45, 2.75) is 0 Å². The van der Waals surface area contributed by atoms with Crippen LogP contribution in [-0.2, 0) is 0 Å². The fourth-order valence-electron chi connectivity index (χ4n) is 7.69. The first-order chi connectivity index (χ1) is 26.7. The molecule has 0 amide bonds. The minimum absolute atomic E-state index is 0.887. The maximum absolute atomic E-state index is 6.33. The first kappa shape index (κ1) is 31.6. The molecule has 0 spiro atoms. The lowest BCUT2D eigenvalue weighted by atomic mass is 9.98. The Morgan fingerprint density at radius 3 is 1.52 bits per heavy atom. The summed E-state index contributed by atoms with van der Waals surface area (Å²) in [5, 5.41) is 4.77. The Labute approximate surface area is 314 Å². The third-order valence-corrected chi connectivity index (χ3v) is 10.5. The molecule has 0 unspecified atom stereocenters. The van der Waals surface area contributed by atoms with Gasteiger partial charge in [0.1, 0.15) is 11.2 Å². The number of anilines is 3. The Balaban J connectivity index is 1.03. The van der Waals surface area contributed by atoms with Gasteiger partial charge >= 0.3 is 0 Å². The Kier molecular flexibility index (Phi) is 7.85. The average molecular weight is 690 g/mol. The van der Waals surface area contributed by atoms with Gasteiger partial charge in [0.25, 0.3) is 0 Å². The SMILES string of the molecule is c1ccc(-c2ccc(N(c3ccc(-c4ccc(-c5ccc6ccccc6c5)cc4)cc3)c3ccccc3-c3ccc4c(c3)oc3ccccc34)cc2)cc1. The molecule has 1 heterocycles. The molecule has 0 N–H and O–H groups in total. The Morgan fingerprint density at radius 1 is 0.296 bits per heavy atom. The molecule has 0 aliphatic heterocycles. The van der Waals surface area contributed by atoms with E-state index in [4.69, 9.17) is 4.42 Å². The van der Waals surface area contributed by atoms with Crippen LogP contribution < -0.4 is 4.90 Å². The lowest BCUT2D eigenvalue weighted by Crippen LogP contribution is -2.11. The maximum atomic E-state index is 6.33. The maximum Gasteiger partial charge on any atom is 0.136 e. The van der Waals surface area contributed by atoms with Gasteiger partial charge in [0.15, 0.2) is 0 Å². The number of benzene rings is 9. The van der Waals surface area contributed by atoms with E-state index in [0.717, 1.165) is 50.1 Å². The van der Waals surface area contributed by atoms with Gasteiger partial charge in [-0.05, 0) is 104 Å². The molecule has 1 aromatic heterocycles. The number of hydrogen-bond acceptors (Lipinski definition) is 2. The molecule has 0 saturated heterocycles. The van der Waals surface area contributed by atoms with E-state index in [1.54, 1.807) is 0 Å². The van der Waals surface area contributed by atoms with E-state index in [1.807, 2.05) is 12.1 Å². The van der Waals surface area contributed by atoms with Crippen molar-refractivity contribution in [3.05, 3.63) is 212 Å². The summed E-state index contributed by atoms with van der Waals surface area (Å²) in [5.41, 5.74) is 14.5. The highest BCUT2D eigenvalue weighted by molar-refractivity contribution is 6.06. The first-order valence-corrected chi connectivity index (χ1v) is 18.4. The van der Waals surface area contributed by atoms with E-state index in [0.29, 0.717) is 0 Å². The first-order valence-electron chi connectivity index (χ1n) is 18.4. The molecule has 2 nitrogen and oxygen atoms in total. The largest absolute Gasteiger partial charge is 0.456 e. The predicted molar refractivity (Wildman–Crippen MR) is 228 cm³/mol. The van der Waals surface area contributed by atoms with Crippen LogP contribution in [0.4, 0.5) is 17.1 Å². The molecule has 2 heteroatoms. The highest BCUT2D eigenvalue weighted by atomic mass is 16.3. The van der Waals surface area contributed by atoms with Gasteiger partial charge in [-0.2, -0.15) is 0 Å². The molecule has 0 fully saturated rings. The molecular formula is C52H35NO. The van der Waals surface area contributed by atoms with Crippen LogP contribution in [-0.4, -0.2) is 0 Å². The molecule has 10 aromatic rings. The van der Waals surface area contributed by atoms with Crippen LogP contribution in [0.25, 0.3) is 77.2 Å². The number of rotatable bonds is 7. The summed E-state index contributed by atoms with van der Waals surface area (Å²) in [6, 6.07) is 75.9. The van der Waals surface area contributed by atoms with Gasteiger partial charge in [-0.15, -0.1) is 0 Å². The van der Waals surface area contributed by atoms with Crippen LogP contribution in [0.15, 0.2) is 217 Å². The second-order valence-corrected chi connectivity index (χ2v) is 13.8. The van der Waals surface area contributed by atoms with Crippen LogP contribution in [0.3, 0.4) is 0 Å². The summed E-state index contributed by atoms with van der Waals surface area (Å²) in [6.07, 6.45) is 0. The zero-order valence-electron chi connectivity index (χ0n) is 29.6. The number of hydrogen-bond donors (Lipinski definition) is 0. The van der Waals surface area contributed by atoms with Crippen molar-refractivity contribution in [3.8, 4) is 44.5 Å². The molecule has 0 aliphatic carbocycles. The minimum atomic E-state index is 0.887. The highest BCUT2D eigenvalue weighted by Crippen LogP contribution is 2.43. The number of nitrogens with zero attached hydrogens (tertiary/aromatic N) is 1. The van der Waals surface area contributed by atoms with Crippen LogP contribution in [0.1, 0.15) is 0 Å². The van der Waals surface area contributed by atoms with Gasteiger partial charge in [0.2, 0.25) is 0 Å². The second-order valence-electron chi connectivity index (χ2n) is 13.8. The van der Waals surface area contributed by atoms with E-state index < -0.39 is 0 Å². The van der Waals surface area contributed by atoms with Gasteiger partial charge in [-0.1, -0.05) is 158 Å². The second kappa shape index (κ2) is 13.4. The van der Waals surface area contributed by atoms with E-state index in [1.165, 1.54) is 44.2 Å². The topological polar surface area (TPSA) is 16.4 Å². The van der Waals surface area contributed by atoms with Crippen LogP contribution in [0, 0.1) is 0 Å². The molecule has 0 bridgehead atoms. The van der Waals surface area contributed by atoms with Crippen LogP contribution in [0.2, 0.25) is 0 Å². The van der Waals surface area contributed by atoms with Crippen LogP contribution in [0.5, 0.6) is 0 Å². The fourth-order valence-corrected chi connectivity index (χ4v) is 7.69. The summed E-state index contributed by atoms with van der Waals surface area (Å²) >= 11 is 0. The fraction of sp³-hybridized carbons (Fsp3) is 0. The minimum Gasteiger partial charge on any atom is -0.456 e.